The van der Waals surface area contributed by atoms with Gasteiger partial charge in [0.25, 0.3) is 0 Å². The van der Waals surface area contributed by atoms with Crippen LogP contribution in [0.2, 0.25) is 0 Å². The third-order valence-corrected chi connectivity index (χ3v) is 5.50. The second-order valence-corrected chi connectivity index (χ2v) is 6.93. The van der Waals surface area contributed by atoms with E-state index in [1.54, 1.807) is 0 Å². The van der Waals surface area contributed by atoms with Crippen LogP contribution in [0.25, 0.3) is 0 Å². The van der Waals surface area contributed by atoms with Crippen molar-refractivity contribution in [2.45, 2.75) is 51.1 Å². The van der Waals surface area contributed by atoms with Crippen molar-refractivity contribution in [3.63, 3.8) is 0 Å². The molecule has 0 amide bonds. The van der Waals surface area contributed by atoms with E-state index in [1.165, 1.54) is 50.6 Å². The molecule has 1 heterocycles. The maximum Gasteiger partial charge on any atom is 0.0458 e. The van der Waals surface area contributed by atoms with Crippen molar-refractivity contribution in [3.8, 4) is 0 Å². The summed E-state index contributed by atoms with van der Waals surface area (Å²) >= 11 is 3.53. The van der Waals surface area contributed by atoms with Gasteiger partial charge in [-0.3, -0.25) is 4.90 Å². The summed E-state index contributed by atoms with van der Waals surface area (Å²) in [5.41, 5.74) is 8.07. The molecule has 0 aromatic heterocycles. The second-order valence-electron chi connectivity index (χ2n) is 6.08. The number of rotatable bonds is 3. The summed E-state index contributed by atoms with van der Waals surface area (Å²) in [5.74, 6) is 0.958. The van der Waals surface area contributed by atoms with E-state index in [1.807, 2.05) is 6.07 Å². The van der Waals surface area contributed by atoms with Crippen molar-refractivity contribution >= 4 is 21.6 Å². The molecule has 19 heavy (non-hydrogen) atoms. The zero-order valence-electron chi connectivity index (χ0n) is 11.4. The molecule has 0 bridgehead atoms. The largest absolute Gasteiger partial charge is 0.398 e. The van der Waals surface area contributed by atoms with Gasteiger partial charge in [0.05, 0.1) is 0 Å². The van der Waals surface area contributed by atoms with Crippen molar-refractivity contribution in [1.29, 1.82) is 0 Å². The van der Waals surface area contributed by atoms with E-state index >= 15 is 0 Å². The molecular weight excluding hydrogens is 300 g/mol. The summed E-state index contributed by atoms with van der Waals surface area (Å²) in [6.07, 6.45) is 8.57. The molecule has 2 fully saturated rings. The molecule has 0 radical (unpaired) electrons. The predicted octanol–water partition coefficient (Wildman–Crippen LogP) is 4.19. The van der Waals surface area contributed by atoms with E-state index in [-0.39, 0.29) is 0 Å². The molecule has 1 saturated heterocycles. The van der Waals surface area contributed by atoms with Crippen LogP contribution in [0.5, 0.6) is 0 Å². The Bertz CT molecular complexity index is 440. The van der Waals surface area contributed by atoms with Gasteiger partial charge in [-0.15, -0.1) is 0 Å². The first-order valence-corrected chi connectivity index (χ1v) is 8.31. The zero-order chi connectivity index (χ0) is 13.2. The van der Waals surface area contributed by atoms with Crippen molar-refractivity contribution in [3.05, 3.63) is 28.2 Å². The molecule has 1 saturated carbocycles. The van der Waals surface area contributed by atoms with Crippen LogP contribution in [0, 0.1) is 5.92 Å². The fourth-order valence-electron chi connectivity index (χ4n) is 3.83. The summed E-state index contributed by atoms with van der Waals surface area (Å²) in [5, 5.41) is 0. The maximum atomic E-state index is 5.86. The number of nitrogen functional groups attached to an aromatic ring is 1. The molecule has 0 spiro atoms. The molecule has 2 N–H and O–H groups in total. The fourth-order valence-corrected chi connectivity index (χ4v) is 4.25. The number of anilines is 1. The van der Waals surface area contributed by atoms with Gasteiger partial charge in [-0.2, -0.15) is 0 Å². The van der Waals surface area contributed by atoms with Crippen LogP contribution in [-0.4, -0.2) is 17.5 Å². The number of nitrogens with two attached hydrogens (primary N) is 1. The monoisotopic (exact) mass is 322 g/mol. The van der Waals surface area contributed by atoms with Gasteiger partial charge in [0.1, 0.15) is 0 Å². The van der Waals surface area contributed by atoms with Gasteiger partial charge in [0, 0.05) is 22.7 Å². The number of halogens is 1. The van der Waals surface area contributed by atoms with Gasteiger partial charge in [-0.1, -0.05) is 18.9 Å². The first-order valence-electron chi connectivity index (χ1n) is 7.52. The zero-order valence-corrected chi connectivity index (χ0v) is 13.0. The lowest BCUT2D eigenvalue weighted by atomic mass is 9.96. The lowest BCUT2D eigenvalue weighted by Crippen LogP contribution is -2.34. The van der Waals surface area contributed by atoms with E-state index in [0.717, 1.165) is 28.7 Å². The normalized spacial score (nSPS) is 25.2. The average molecular weight is 323 g/mol. The summed E-state index contributed by atoms with van der Waals surface area (Å²) < 4.78 is 1.03. The topological polar surface area (TPSA) is 29.3 Å². The maximum absolute atomic E-state index is 5.86. The first kappa shape index (κ1) is 13.4. The minimum absolute atomic E-state index is 0.831. The summed E-state index contributed by atoms with van der Waals surface area (Å²) in [6, 6.07) is 7.20. The molecular formula is C16H23BrN2. The summed E-state index contributed by atoms with van der Waals surface area (Å²) in [7, 11) is 0. The predicted molar refractivity (Wildman–Crippen MR) is 83.9 cm³/mol. The van der Waals surface area contributed by atoms with Crippen molar-refractivity contribution in [2.24, 2.45) is 5.92 Å². The van der Waals surface area contributed by atoms with Gasteiger partial charge in [-0.25, -0.2) is 0 Å². The van der Waals surface area contributed by atoms with E-state index in [0.29, 0.717) is 0 Å². The Hall–Kier alpha value is -0.540. The van der Waals surface area contributed by atoms with Crippen molar-refractivity contribution in [2.75, 3.05) is 12.3 Å². The van der Waals surface area contributed by atoms with E-state index in [4.69, 9.17) is 5.73 Å². The highest BCUT2D eigenvalue weighted by molar-refractivity contribution is 9.10. The quantitative estimate of drug-likeness (QED) is 0.845. The molecule has 1 aromatic rings. The standard InChI is InChI=1S/C16H23BrN2/c17-14-10-12(7-8-15(14)18)11-19-9-3-6-16(19)13-4-1-2-5-13/h7-8,10,13,16H,1-6,9,11,18H2. The SMILES string of the molecule is Nc1ccc(CN2CCCC2C2CCCC2)cc1Br. The number of nitrogens with zero attached hydrogens (tertiary/aromatic N) is 1. The molecule has 104 valence electrons. The molecule has 3 rings (SSSR count). The Balaban J connectivity index is 1.69. The smallest absolute Gasteiger partial charge is 0.0458 e. The van der Waals surface area contributed by atoms with Crippen molar-refractivity contribution in [1.82, 2.24) is 4.90 Å². The highest BCUT2D eigenvalue weighted by atomic mass is 79.9. The highest BCUT2D eigenvalue weighted by Crippen LogP contribution is 2.36. The second kappa shape index (κ2) is 5.84. The molecule has 1 aromatic carbocycles. The Kier molecular flexibility index (Phi) is 4.13. The Morgan fingerprint density at radius 3 is 2.68 bits per heavy atom. The van der Waals surface area contributed by atoms with E-state index in [9.17, 15) is 0 Å². The van der Waals surface area contributed by atoms with Gasteiger partial charge >= 0.3 is 0 Å². The number of hydrogen-bond donors (Lipinski definition) is 1. The third kappa shape index (κ3) is 2.97. The Labute approximate surface area is 124 Å². The third-order valence-electron chi connectivity index (χ3n) is 4.81. The van der Waals surface area contributed by atoms with Gasteiger partial charge in [0.2, 0.25) is 0 Å². The van der Waals surface area contributed by atoms with Crippen LogP contribution in [0.15, 0.2) is 22.7 Å². The lowest BCUT2D eigenvalue weighted by molar-refractivity contribution is 0.183. The number of likely N-dealkylation sites (tertiary alicyclic amines) is 1. The van der Waals surface area contributed by atoms with Crippen LogP contribution in [-0.2, 0) is 6.54 Å². The average Bonchev–Trinajstić information content (AvgIpc) is 3.04. The molecule has 1 unspecified atom stereocenters. The highest BCUT2D eigenvalue weighted by Gasteiger charge is 2.32. The van der Waals surface area contributed by atoms with Crippen LogP contribution in [0.3, 0.4) is 0 Å². The van der Waals surface area contributed by atoms with Crippen LogP contribution in [0.1, 0.15) is 44.1 Å². The van der Waals surface area contributed by atoms with Gasteiger partial charge in [-0.05, 0) is 71.8 Å². The fraction of sp³-hybridized carbons (Fsp3) is 0.625. The van der Waals surface area contributed by atoms with Gasteiger partial charge < -0.3 is 5.73 Å². The summed E-state index contributed by atoms with van der Waals surface area (Å²) in [6.45, 7) is 2.35. The van der Waals surface area contributed by atoms with Crippen LogP contribution in [0.4, 0.5) is 5.69 Å². The molecule has 2 nitrogen and oxygen atoms in total. The molecule has 3 heteroatoms. The molecule has 2 aliphatic rings. The number of benzene rings is 1. The Morgan fingerprint density at radius 1 is 1.16 bits per heavy atom. The van der Waals surface area contributed by atoms with E-state index < -0.39 is 0 Å². The minimum Gasteiger partial charge on any atom is -0.398 e. The van der Waals surface area contributed by atoms with Crippen LogP contribution >= 0.6 is 15.9 Å². The van der Waals surface area contributed by atoms with Crippen LogP contribution < -0.4 is 5.73 Å². The first-order chi connectivity index (χ1) is 9.24. The molecule has 1 atom stereocenters. The van der Waals surface area contributed by atoms with E-state index in [2.05, 4.69) is 33.0 Å². The molecule has 1 aliphatic heterocycles. The minimum atomic E-state index is 0.831. The number of hydrogen-bond acceptors (Lipinski definition) is 2. The van der Waals surface area contributed by atoms with Crippen molar-refractivity contribution < 1.29 is 0 Å². The Morgan fingerprint density at radius 2 is 1.95 bits per heavy atom. The van der Waals surface area contributed by atoms with Gasteiger partial charge in [0.15, 0.2) is 0 Å². The summed E-state index contributed by atoms with van der Waals surface area (Å²) in [4.78, 5) is 2.70. The lowest BCUT2D eigenvalue weighted by Gasteiger charge is -2.29. The molecule has 1 aliphatic carbocycles.